The van der Waals surface area contributed by atoms with Crippen molar-refractivity contribution in [1.29, 1.82) is 0 Å². The molecule has 138 valence electrons. The highest BCUT2D eigenvalue weighted by Gasteiger charge is 2.37. The summed E-state index contributed by atoms with van der Waals surface area (Å²) in [6.45, 7) is 5.80. The van der Waals surface area contributed by atoms with Gasteiger partial charge in [0.05, 0.1) is 17.2 Å². The summed E-state index contributed by atoms with van der Waals surface area (Å²) in [5, 5.41) is 8.97. The van der Waals surface area contributed by atoms with Crippen LogP contribution in [0.2, 0.25) is 0 Å². The summed E-state index contributed by atoms with van der Waals surface area (Å²) in [4.78, 5) is 30.4. The zero-order valence-corrected chi connectivity index (χ0v) is 15.9. The normalized spacial score (nSPS) is 23.6. The van der Waals surface area contributed by atoms with Crippen LogP contribution in [0, 0.1) is 12.8 Å². The molecule has 2 amide bonds. The fourth-order valence-corrected chi connectivity index (χ4v) is 4.19. The van der Waals surface area contributed by atoms with Gasteiger partial charge in [-0.3, -0.25) is 14.5 Å². The van der Waals surface area contributed by atoms with Gasteiger partial charge >= 0.3 is 0 Å². The molecule has 2 heterocycles. The highest BCUT2D eigenvalue weighted by molar-refractivity contribution is 7.09. The highest BCUT2D eigenvalue weighted by Crippen LogP contribution is 2.35. The van der Waals surface area contributed by atoms with E-state index in [0.717, 1.165) is 36.0 Å². The monoisotopic (exact) mass is 364 g/mol. The second-order valence-corrected chi connectivity index (χ2v) is 8.36. The molecule has 2 aliphatic rings. The van der Waals surface area contributed by atoms with Gasteiger partial charge in [0.1, 0.15) is 0 Å². The number of carbonyl (C=O) groups is 2. The number of nitrogens with zero attached hydrogens (tertiary/aromatic N) is 2. The quantitative estimate of drug-likeness (QED) is 0.738. The third kappa shape index (κ3) is 5.51. The first-order valence-corrected chi connectivity index (χ1v) is 10.1. The number of hydrogen-bond acceptors (Lipinski definition) is 5. The van der Waals surface area contributed by atoms with E-state index < -0.39 is 0 Å². The first kappa shape index (κ1) is 18.3. The van der Waals surface area contributed by atoms with Gasteiger partial charge in [0.25, 0.3) is 0 Å². The third-order valence-electron chi connectivity index (χ3n) is 5.08. The van der Waals surface area contributed by atoms with E-state index >= 15 is 0 Å². The second-order valence-electron chi connectivity index (χ2n) is 7.30. The molecule has 1 aliphatic carbocycles. The van der Waals surface area contributed by atoms with Crippen LogP contribution in [0.5, 0.6) is 0 Å². The van der Waals surface area contributed by atoms with Crippen molar-refractivity contribution in [3.63, 3.8) is 0 Å². The van der Waals surface area contributed by atoms with Crippen LogP contribution in [0.4, 0.5) is 0 Å². The van der Waals surface area contributed by atoms with Crippen molar-refractivity contribution in [2.75, 3.05) is 13.1 Å². The van der Waals surface area contributed by atoms with Gasteiger partial charge in [0.2, 0.25) is 11.8 Å². The summed E-state index contributed by atoms with van der Waals surface area (Å²) < 4.78 is 0. The summed E-state index contributed by atoms with van der Waals surface area (Å²) in [7, 11) is 0. The Kier molecular flexibility index (Phi) is 6.06. The van der Waals surface area contributed by atoms with Crippen molar-refractivity contribution in [3.8, 4) is 0 Å². The lowest BCUT2D eigenvalue weighted by atomic mass is 10.1. The zero-order valence-electron chi connectivity index (χ0n) is 15.1. The number of aryl methyl sites for hydroxylation is 1. The maximum Gasteiger partial charge on any atom is 0.221 e. The number of carbonyl (C=O) groups excluding carboxylic acids is 2. The number of thiazole rings is 1. The number of aromatic nitrogens is 1. The standard InChI is InChI=1S/C18H28N4O2S/c1-12(23)19-9-17-6-5-16(22(17)10-14-3-4-14)7-18(24)20-8-15-11-25-13(2)21-15/h11,14,16-17H,3-10H2,1-2H3,(H,19,23)(H,20,24)/t16-,17+/m0/s1. The van der Waals surface area contributed by atoms with Crippen LogP contribution in [0.25, 0.3) is 0 Å². The molecular formula is C18H28N4O2S. The Morgan fingerprint density at radius 3 is 2.64 bits per heavy atom. The molecule has 0 aromatic carbocycles. The molecule has 1 aromatic heterocycles. The van der Waals surface area contributed by atoms with Crippen molar-refractivity contribution in [2.24, 2.45) is 5.92 Å². The molecule has 25 heavy (non-hydrogen) atoms. The summed E-state index contributed by atoms with van der Waals surface area (Å²) >= 11 is 1.61. The minimum Gasteiger partial charge on any atom is -0.355 e. The van der Waals surface area contributed by atoms with E-state index in [1.54, 1.807) is 18.3 Å². The van der Waals surface area contributed by atoms with Crippen LogP contribution >= 0.6 is 11.3 Å². The number of amides is 2. The van der Waals surface area contributed by atoms with Gasteiger partial charge in [-0.05, 0) is 38.5 Å². The fraction of sp³-hybridized carbons (Fsp3) is 0.722. The first-order chi connectivity index (χ1) is 12.0. The SMILES string of the molecule is CC(=O)NC[C@H]1CC[C@@H](CC(=O)NCc2csc(C)n2)N1CC1CC1. The van der Waals surface area contributed by atoms with E-state index in [-0.39, 0.29) is 17.9 Å². The lowest BCUT2D eigenvalue weighted by Crippen LogP contribution is -2.45. The molecule has 1 saturated heterocycles. The molecule has 1 saturated carbocycles. The first-order valence-electron chi connectivity index (χ1n) is 9.19. The fourth-order valence-electron chi connectivity index (χ4n) is 3.58. The van der Waals surface area contributed by atoms with Gasteiger partial charge in [0.15, 0.2) is 0 Å². The van der Waals surface area contributed by atoms with Gasteiger partial charge in [-0.2, -0.15) is 0 Å². The molecule has 2 N–H and O–H groups in total. The van der Waals surface area contributed by atoms with Gasteiger partial charge in [-0.1, -0.05) is 0 Å². The number of nitrogens with one attached hydrogen (secondary N) is 2. The van der Waals surface area contributed by atoms with E-state index in [1.807, 2.05) is 12.3 Å². The van der Waals surface area contributed by atoms with Crippen LogP contribution < -0.4 is 10.6 Å². The van der Waals surface area contributed by atoms with Gasteiger partial charge in [-0.25, -0.2) is 4.98 Å². The average Bonchev–Trinajstić information content (AvgIpc) is 3.17. The van der Waals surface area contributed by atoms with Crippen molar-refractivity contribution < 1.29 is 9.59 Å². The van der Waals surface area contributed by atoms with Crippen molar-refractivity contribution in [2.45, 2.75) is 64.6 Å². The predicted octanol–water partition coefficient (Wildman–Crippen LogP) is 1.84. The Hall–Kier alpha value is -1.47. The molecule has 0 spiro atoms. The molecular weight excluding hydrogens is 336 g/mol. The maximum atomic E-state index is 12.4. The average molecular weight is 365 g/mol. The van der Waals surface area contributed by atoms with Gasteiger partial charge in [0, 0.05) is 43.9 Å². The van der Waals surface area contributed by atoms with Crippen LogP contribution in [-0.4, -0.2) is 46.9 Å². The number of hydrogen-bond donors (Lipinski definition) is 2. The molecule has 3 rings (SSSR count). The summed E-state index contributed by atoms with van der Waals surface area (Å²) in [6.07, 6.45) is 5.21. The zero-order chi connectivity index (χ0) is 17.8. The lowest BCUT2D eigenvalue weighted by molar-refractivity contribution is -0.122. The summed E-state index contributed by atoms with van der Waals surface area (Å²) in [6, 6.07) is 0.653. The molecule has 7 heteroatoms. The third-order valence-corrected chi connectivity index (χ3v) is 5.90. The molecule has 0 radical (unpaired) electrons. The Bertz CT molecular complexity index is 614. The second kappa shape index (κ2) is 8.27. The van der Waals surface area contributed by atoms with Crippen molar-refractivity contribution in [1.82, 2.24) is 20.5 Å². The Balaban J connectivity index is 1.50. The van der Waals surface area contributed by atoms with Gasteiger partial charge in [-0.15, -0.1) is 11.3 Å². The van der Waals surface area contributed by atoms with E-state index in [2.05, 4.69) is 20.5 Å². The van der Waals surface area contributed by atoms with E-state index in [0.29, 0.717) is 25.6 Å². The molecule has 0 unspecified atom stereocenters. The Morgan fingerprint density at radius 1 is 1.24 bits per heavy atom. The minimum atomic E-state index is 0.0196. The molecule has 1 aliphatic heterocycles. The highest BCUT2D eigenvalue weighted by atomic mass is 32.1. The van der Waals surface area contributed by atoms with Gasteiger partial charge < -0.3 is 10.6 Å². The van der Waals surface area contributed by atoms with Crippen molar-refractivity contribution in [3.05, 3.63) is 16.1 Å². The number of rotatable bonds is 8. The Morgan fingerprint density at radius 2 is 2.00 bits per heavy atom. The molecule has 6 nitrogen and oxygen atoms in total. The van der Waals surface area contributed by atoms with Crippen LogP contribution in [0.1, 0.15) is 49.7 Å². The van der Waals surface area contributed by atoms with Crippen LogP contribution in [-0.2, 0) is 16.1 Å². The van der Waals surface area contributed by atoms with E-state index in [4.69, 9.17) is 0 Å². The molecule has 2 fully saturated rings. The topological polar surface area (TPSA) is 74.3 Å². The molecule has 2 atom stereocenters. The van der Waals surface area contributed by atoms with E-state index in [9.17, 15) is 9.59 Å². The van der Waals surface area contributed by atoms with Crippen LogP contribution in [0.3, 0.4) is 0 Å². The smallest absolute Gasteiger partial charge is 0.221 e. The van der Waals surface area contributed by atoms with E-state index in [1.165, 1.54) is 12.8 Å². The molecule has 0 bridgehead atoms. The largest absolute Gasteiger partial charge is 0.355 e. The summed E-state index contributed by atoms with van der Waals surface area (Å²) in [5.41, 5.74) is 0.931. The minimum absolute atomic E-state index is 0.0196. The Labute approximate surface area is 153 Å². The number of likely N-dealkylation sites (tertiary alicyclic amines) is 1. The summed E-state index contributed by atoms with van der Waals surface area (Å²) in [5.74, 6) is 0.893. The lowest BCUT2D eigenvalue weighted by Gasteiger charge is -2.30. The molecule has 1 aromatic rings. The predicted molar refractivity (Wildman–Crippen MR) is 98.2 cm³/mol. The maximum absolute atomic E-state index is 12.4. The van der Waals surface area contributed by atoms with Crippen molar-refractivity contribution >= 4 is 23.2 Å². The van der Waals surface area contributed by atoms with Crippen LogP contribution in [0.15, 0.2) is 5.38 Å².